The second-order valence-corrected chi connectivity index (χ2v) is 9.08. The molecule has 0 aliphatic carbocycles. The fourth-order valence-electron chi connectivity index (χ4n) is 3.76. The average molecular weight is 495 g/mol. The lowest BCUT2D eigenvalue weighted by atomic mass is 10.0. The van der Waals surface area contributed by atoms with E-state index in [0.29, 0.717) is 41.4 Å². The first-order valence-corrected chi connectivity index (χ1v) is 11.8. The Kier molecular flexibility index (Phi) is 7.61. The summed E-state index contributed by atoms with van der Waals surface area (Å²) in [6.45, 7) is 0.908. The fourth-order valence-corrected chi connectivity index (χ4v) is 4.70. The van der Waals surface area contributed by atoms with Crippen LogP contribution in [-0.2, 0) is 0 Å². The highest BCUT2D eigenvalue weighted by molar-refractivity contribution is 7.99. The van der Waals surface area contributed by atoms with E-state index >= 15 is 0 Å². The van der Waals surface area contributed by atoms with Crippen LogP contribution in [0.2, 0.25) is 0 Å². The Morgan fingerprint density at radius 3 is 2.34 bits per heavy atom. The summed E-state index contributed by atoms with van der Waals surface area (Å²) in [4.78, 5) is 38.7. The number of carbonyl (C=O) groups is 2. The minimum Gasteiger partial charge on any atom is -0.349 e. The van der Waals surface area contributed by atoms with Gasteiger partial charge in [0.2, 0.25) is 0 Å². The predicted molar refractivity (Wildman–Crippen MR) is 131 cm³/mol. The number of para-hydroxylation sites is 1. The van der Waals surface area contributed by atoms with Gasteiger partial charge in [0.15, 0.2) is 0 Å². The smallest absolute Gasteiger partial charge is 0.321 e. The quantitative estimate of drug-likeness (QED) is 0.357. The van der Waals surface area contributed by atoms with E-state index in [1.54, 1.807) is 35.2 Å². The number of amides is 3. The Balaban J connectivity index is 1.42. The topological polar surface area (TPSA) is 105 Å². The van der Waals surface area contributed by atoms with Gasteiger partial charge in [0.1, 0.15) is 5.82 Å². The number of halogens is 1. The number of anilines is 1. The molecule has 0 saturated carbocycles. The van der Waals surface area contributed by atoms with Gasteiger partial charge in [-0.1, -0.05) is 42.1 Å². The highest BCUT2D eigenvalue weighted by atomic mass is 32.2. The molecule has 0 unspecified atom stereocenters. The monoisotopic (exact) mass is 494 g/mol. The lowest BCUT2D eigenvalue weighted by Gasteiger charge is -2.32. The van der Waals surface area contributed by atoms with E-state index < -0.39 is 16.6 Å². The number of likely N-dealkylation sites (tertiary alicyclic amines) is 1. The van der Waals surface area contributed by atoms with Gasteiger partial charge in [-0.25, -0.2) is 9.18 Å². The molecule has 4 rings (SSSR count). The molecule has 0 radical (unpaired) electrons. The molecule has 35 heavy (non-hydrogen) atoms. The second-order valence-electron chi connectivity index (χ2n) is 8.00. The van der Waals surface area contributed by atoms with Crippen molar-refractivity contribution in [2.75, 3.05) is 18.4 Å². The van der Waals surface area contributed by atoms with Crippen LogP contribution < -0.4 is 10.6 Å². The number of urea groups is 1. The molecular weight excluding hydrogens is 471 g/mol. The third-order valence-corrected chi connectivity index (χ3v) is 6.74. The van der Waals surface area contributed by atoms with Gasteiger partial charge in [-0.2, -0.15) is 0 Å². The van der Waals surface area contributed by atoms with Crippen molar-refractivity contribution in [1.82, 2.24) is 10.2 Å². The van der Waals surface area contributed by atoms with Gasteiger partial charge >= 0.3 is 6.03 Å². The summed E-state index contributed by atoms with van der Waals surface area (Å²) in [5.41, 5.74) is 0.593. The van der Waals surface area contributed by atoms with Crippen LogP contribution in [0, 0.1) is 15.9 Å². The molecule has 180 valence electrons. The minimum atomic E-state index is -0.571. The van der Waals surface area contributed by atoms with Gasteiger partial charge < -0.3 is 15.5 Å². The Labute approximate surface area is 205 Å². The van der Waals surface area contributed by atoms with E-state index in [1.165, 1.54) is 24.3 Å². The first-order chi connectivity index (χ1) is 16.9. The number of nitro benzene ring substituents is 1. The highest BCUT2D eigenvalue weighted by Crippen LogP contribution is 2.34. The van der Waals surface area contributed by atoms with Crippen LogP contribution in [0.4, 0.5) is 20.6 Å². The Morgan fingerprint density at radius 2 is 1.66 bits per heavy atom. The number of piperidine rings is 1. The van der Waals surface area contributed by atoms with Gasteiger partial charge in [0.05, 0.1) is 10.5 Å². The van der Waals surface area contributed by atoms with Gasteiger partial charge in [-0.05, 0) is 43.2 Å². The molecule has 1 heterocycles. The first kappa shape index (κ1) is 24.2. The van der Waals surface area contributed by atoms with Gasteiger partial charge in [-0.15, -0.1) is 0 Å². The van der Waals surface area contributed by atoms with Crippen molar-refractivity contribution >= 4 is 35.1 Å². The first-order valence-electron chi connectivity index (χ1n) is 11.0. The van der Waals surface area contributed by atoms with E-state index in [1.807, 2.05) is 18.2 Å². The Morgan fingerprint density at radius 1 is 0.971 bits per heavy atom. The number of non-ortho nitro benzene ring substituents is 1. The average Bonchev–Trinajstić information content (AvgIpc) is 2.86. The van der Waals surface area contributed by atoms with E-state index in [0.717, 1.165) is 11.8 Å². The summed E-state index contributed by atoms with van der Waals surface area (Å²) in [6.07, 6.45) is 1.08. The van der Waals surface area contributed by atoms with Crippen molar-refractivity contribution in [2.24, 2.45) is 0 Å². The number of nitro groups is 1. The summed E-state index contributed by atoms with van der Waals surface area (Å²) in [5, 5.41) is 17.1. The normalized spacial score (nSPS) is 13.8. The van der Waals surface area contributed by atoms with Crippen LogP contribution in [-0.4, -0.2) is 40.9 Å². The van der Waals surface area contributed by atoms with Gasteiger partial charge in [0.25, 0.3) is 11.6 Å². The molecule has 1 aliphatic rings. The van der Waals surface area contributed by atoms with Gasteiger partial charge in [-0.3, -0.25) is 14.9 Å². The number of benzene rings is 3. The number of carbonyl (C=O) groups excluding carboxylic acids is 2. The molecule has 0 aromatic heterocycles. The molecule has 2 N–H and O–H groups in total. The molecule has 10 heteroatoms. The summed E-state index contributed by atoms with van der Waals surface area (Å²) >= 11 is 1.04. The Bertz CT molecular complexity index is 1230. The molecule has 3 aromatic carbocycles. The number of nitrogens with one attached hydrogen (secondary N) is 2. The molecule has 1 aliphatic heterocycles. The molecule has 3 amide bonds. The van der Waals surface area contributed by atoms with Crippen molar-refractivity contribution in [3.8, 4) is 0 Å². The standard InChI is InChI=1S/C25H23FN4O4S/c26-21-8-4-5-9-23(21)35-22-11-10-19(30(33)34)16-20(22)24(31)27-18-12-14-29(15-13-18)25(32)28-17-6-2-1-3-7-17/h1-11,16,18H,12-15H2,(H,27,31)(H,28,32). The van der Waals surface area contributed by atoms with Crippen molar-refractivity contribution in [2.45, 2.75) is 28.7 Å². The fraction of sp³-hybridized carbons (Fsp3) is 0.200. The van der Waals surface area contributed by atoms with Crippen molar-refractivity contribution in [3.63, 3.8) is 0 Å². The number of hydrogen-bond donors (Lipinski definition) is 2. The summed E-state index contributed by atoms with van der Waals surface area (Å²) in [5.74, 6) is -0.914. The maximum atomic E-state index is 14.2. The van der Waals surface area contributed by atoms with Crippen LogP contribution >= 0.6 is 11.8 Å². The van der Waals surface area contributed by atoms with Crippen LogP contribution in [0.5, 0.6) is 0 Å². The van der Waals surface area contributed by atoms with Crippen LogP contribution in [0.25, 0.3) is 0 Å². The number of rotatable bonds is 6. The zero-order valence-electron chi connectivity index (χ0n) is 18.6. The van der Waals surface area contributed by atoms with E-state index in [4.69, 9.17) is 0 Å². The molecule has 0 bridgehead atoms. The van der Waals surface area contributed by atoms with E-state index in [2.05, 4.69) is 10.6 Å². The summed E-state index contributed by atoms with van der Waals surface area (Å²) in [7, 11) is 0. The third kappa shape index (κ3) is 6.15. The van der Waals surface area contributed by atoms with Crippen LogP contribution in [0.15, 0.2) is 82.6 Å². The molecule has 0 atom stereocenters. The van der Waals surface area contributed by atoms with Crippen LogP contribution in [0.1, 0.15) is 23.2 Å². The maximum absolute atomic E-state index is 14.2. The molecule has 0 spiro atoms. The summed E-state index contributed by atoms with van der Waals surface area (Å²) in [6, 6.07) is 18.9. The molecule has 8 nitrogen and oxygen atoms in total. The summed E-state index contributed by atoms with van der Waals surface area (Å²) < 4.78 is 14.2. The van der Waals surface area contributed by atoms with Gasteiger partial charge in [0, 0.05) is 46.7 Å². The minimum absolute atomic E-state index is 0.108. The zero-order chi connectivity index (χ0) is 24.8. The Hall–Kier alpha value is -3.92. The van der Waals surface area contributed by atoms with Crippen LogP contribution in [0.3, 0.4) is 0 Å². The second kappa shape index (κ2) is 11.0. The highest BCUT2D eigenvalue weighted by Gasteiger charge is 2.26. The molecule has 3 aromatic rings. The number of nitrogens with zero attached hydrogens (tertiary/aromatic N) is 2. The van der Waals surface area contributed by atoms with E-state index in [9.17, 15) is 24.1 Å². The lowest BCUT2D eigenvalue weighted by Crippen LogP contribution is -2.47. The SMILES string of the molecule is O=C(NC1CCN(C(=O)Nc2ccccc2)CC1)c1cc([N+](=O)[O-])ccc1Sc1ccccc1F. The molecule has 1 fully saturated rings. The largest absolute Gasteiger partial charge is 0.349 e. The van der Waals surface area contributed by atoms with Crippen molar-refractivity contribution in [3.05, 3.63) is 94.3 Å². The zero-order valence-corrected chi connectivity index (χ0v) is 19.5. The predicted octanol–water partition coefficient (Wildman–Crippen LogP) is 5.31. The molecule has 1 saturated heterocycles. The maximum Gasteiger partial charge on any atom is 0.321 e. The van der Waals surface area contributed by atoms with Crippen molar-refractivity contribution in [1.29, 1.82) is 0 Å². The van der Waals surface area contributed by atoms with Crippen molar-refractivity contribution < 1.29 is 18.9 Å². The molecular formula is C25H23FN4O4S. The lowest BCUT2D eigenvalue weighted by molar-refractivity contribution is -0.384. The number of hydrogen-bond acceptors (Lipinski definition) is 5. The third-order valence-electron chi connectivity index (χ3n) is 5.62. The van der Waals surface area contributed by atoms with E-state index in [-0.39, 0.29) is 23.3 Å².